The predicted octanol–water partition coefficient (Wildman–Crippen LogP) is 3.04. The van der Waals surface area contributed by atoms with Crippen LogP contribution in [0.2, 0.25) is 0 Å². The van der Waals surface area contributed by atoms with E-state index in [2.05, 4.69) is 0 Å². The molecule has 0 aliphatic heterocycles. The zero-order valence-corrected chi connectivity index (χ0v) is 13.9. The van der Waals surface area contributed by atoms with Crippen LogP contribution in [0.15, 0.2) is 0 Å². The topological polar surface area (TPSA) is 36.9 Å². The zero-order valence-electron chi connectivity index (χ0n) is 13.9. The van der Waals surface area contributed by atoms with Crippen molar-refractivity contribution in [3.05, 3.63) is 0 Å². The van der Waals surface area contributed by atoms with Crippen LogP contribution in [0.1, 0.15) is 44.9 Å². The van der Waals surface area contributed by atoms with Gasteiger partial charge in [0.2, 0.25) is 0 Å². The standard InChI is InChI=1S/C17H32O4/c1-18-11-13-6-4-8-15(10-13)21-12-14-7-5-9-16(19-2)17(14)20-3/h13-17H,4-12H2,1-3H3. The molecule has 2 aliphatic carbocycles. The van der Waals surface area contributed by atoms with E-state index in [0.717, 1.165) is 26.1 Å². The molecule has 0 aromatic heterocycles. The summed E-state index contributed by atoms with van der Waals surface area (Å²) in [6, 6.07) is 0. The van der Waals surface area contributed by atoms with E-state index in [4.69, 9.17) is 18.9 Å². The summed E-state index contributed by atoms with van der Waals surface area (Å²) in [6.07, 6.45) is 9.19. The van der Waals surface area contributed by atoms with E-state index in [1.807, 2.05) is 0 Å². The molecule has 0 heterocycles. The molecular weight excluding hydrogens is 268 g/mol. The van der Waals surface area contributed by atoms with Crippen molar-refractivity contribution in [3.8, 4) is 0 Å². The highest BCUT2D eigenvalue weighted by Gasteiger charge is 2.34. The van der Waals surface area contributed by atoms with Gasteiger partial charge in [0.1, 0.15) is 0 Å². The minimum absolute atomic E-state index is 0.183. The second-order valence-electron chi connectivity index (χ2n) is 6.61. The Bertz CT molecular complexity index is 282. The summed E-state index contributed by atoms with van der Waals surface area (Å²) in [5.41, 5.74) is 0. The first-order valence-electron chi connectivity index (χ1n) is 8.44. The maximum absolute atomic E-state index is 6.23. The molecular formula is C17H32O4. The van der Waals surface area contributed by atoms with E-state index in [1.54, 1.807) is 21.3 Å². The third-order valence-electron chi connectivity index (χ3n) is 5.15. The molecule has 0 spiro atoms. The Hall–Kier alpha value is -0.160. The monoisotopic (exact) mass is 300 g/mol. The Kier molecular flexibility index (Phi) is 7.44. The normalized spacial score (nSPS) is 37.6. The summed E-state index contributed by atoms with van der Waals surface area (Å²) in [4.78, 5) is 0. The maximum Gasteiger partial charge on any atom is 0.0882 e. The molecule has 2 fully saturated rings. The van der Waals surface area contributed by atoms with Gasteiger partial charge in [0.05, 0.1) is 24.9 Å². The lowest BCUT2D eigenvalue weighted by atomic mass is 9.84. The lowest BCUT2D eigenvalue weighted by molar-refractivity contribution is -0.115. The molecule has 2 aliphatic rings. The van der Waals surface area contributed by atoms with E-state index in [-0.39, 0.29) is 12.2 Å². The Balaban J connectivity index is 1.78. The molecule has 2 saturated carbocycles. The van der Waals surface area contributed by atoms with Crippen molar-refractivity contribution in [2.24, 2.45) is 11.8 Å². The summed E-state index contributed by atoms with van der Waals surface area (Å²) < 4.78 is 22.8. The van der Waals surface area contributed by atoms with Crippen LogP contribution in [0.3, 0.4) is 0 Å². The minimum Gasteiger partial charge on any atom is -0.384 e. The Morgan fingerprint density at radius 1 is 0.857 bits per heavy atom. The van der Waals surface area contributed by atoms with Crippen molar-refractivity contribution < 1.29 is 18.9 Å². The minimum atomic E-state index is 0.183. The summed E-state index contributed by atoms with van der Waals surface area (Å²) in [6.45, 7) is 1.68. The molecule has 0 aromatic rings. The zero-order chi connectivity index (χ0) is 15.1. The van der Waals surface area contributed by atoms with Gasteiger partial charge in [-0.15, -0.1) is 0 Å². The van der Waals surface area contributed by atoms with E-state index in [0.29, 0.717) is 17.9 Å². The molecule has 0 amide bonds. The van der Waals surface area contributed by atoms with Crippen molar-refractivity contribution in [1.29, 1.82) is 0 Å². The molecule has 4 nitrogen and oxygen atoms in total. The van der Waals surface area contributed by atoms with Crippen LogP contribution in [-0.2, 0) is 18.9 Å². The highest BCUT2D eigenvalue weighted by Crippen LogP contribution is 2.31. The SMILES string of the molecule is COCC1CCCC(OCC2CCCC(OC)C2OC)C1. The van der Waals surface area contributed by atoms with Crippen LogP contribution in [0, 0.1) is 11.8 Å². The lowest BCUT2D eigenvalue weighted by Gasteiger charge is -2.37. The summed E-state index contributed by atoms with van der Waals surface area (Å²) in [7, 11) is 5.38. The highest BCUT2D eigenvalue weighted by atomic mass is 16.5. The lowest BCUT2D eigenvalue weighted by Crippen LogP contribution is -2.42. The van der Waals surface area contributed by atoms with Crippen LogP contribution in [0.4, 0.5) is 0 Å². The second kappa shape index (κ2) is 9.09. The Morgan fingerprint density at radius 3 is 2.38 bits per heavy atom. The summed E-state index contributed by atoms with van der Waals surface area (Å²) in [5.74, 6) is 1.14. The molecule has 0 aromatic carbocycles. The first-order valence-corrected chi connectivity index (χ1v) is 8.44. The number of hydrogen-bond donors (Lipinski definition) is 0. The third-order valence-corrected chi connectivity index (χ3v) is 5.15. The van der Waals surface area contributed by atoms with Crippen LogP contribution in [0.25, 0.3) is 0 Å². The quantitative estimate of drug-likeness (QED) is 0.724. The molecule has 5 unspecified atom stereocenters. The van der Waals surface area contributed by atoms with Crippen molar-refractivity contribution >= 4 is 0 Å². The number of methoxy groups -OCH3 is 3. The van der Waals surface area contributed by atoms with Gasteiger partial charge in [0, 0.05) is 33.9 Å². The van der Waals surface area contributed by atoms with Gasteiger partial charge in [-0.05, 0) is 38.0 Å². The molecule has 124 valence electrons. The predicted molar refractivity (Wildman–Crippen MR) is 82.5 cm³/mol. The molecule has 2 rings (SSSR count). The smallest absolute Gasteiger partial charge is 0.0882 e. The fourth-order valence-corrected chi connectivity index (χ4v) is 4.03. The van der Waals surface area contributed by atoms with Gasteiger partial charge in [-0.25, -0.2) is 0 Å². The Morgan fingerprint density at radius 2 is 1.67 bits per heavy atom. The van der Waals surface area contributed by atoms with Gasteiger partial charge >= 0.3 is 0 Å². The third kappa shape index (κ3) is 4.92. The van der Waals surface area contributed by atoms with Gasteiger partial charge in [0.15, 0.2) is 0 Å². The Labute approximate surface area is 129 Å². The van der Waals surface area contributed by atoms with E-state index < -0.39 is 0 Å². The van der Waals surface area contributed by atoms with E-state index in [1.165, 1.54) is 32.1 Å². The molecule has 5 atom stereocenters. The van der Waals surface area contributed by atoms with Crippen molar-refractivity contribution in [2.45, 2.75) is 63.3 Å². The van der Waals surface area contributed by atoms with Crippen LogP contribution in [-0.4, -0.2) is 52.9 Å². The van der Waals surface area contributed by atoms with Crippen molar-refractivity contribution in [3.63, 3.8) is 0 Å². The van der Waals surface area contributed by atoms with Crippen LogP contribution >= 0.6 is 0 Å². The van der Waals surface area contributed by atoms with Crippen molar-refractivity contribution in [1.82, 2.24) is 0 Å². The van der Waals surface area contributed by atoms with Gasteiger partial charge in [-0.2, -0.15) is 0 Å². The average molecular weight is 300 g/mol. The molecule has 0 radical (unpaired) electrons. The van der Waals surface area contributed by atoms with Gasteiger partial charge < -0.3 is 18.9 Å². The van der Waals surface area contributed by atoms with Gasteiger partial charge in [0.25, 0.3) is 0 Å². The first-order chi connectivity index (χ1) is 10.3. The molecule has 0 saturated heterocycles. The fourth-order valence-electron chi connectivity index (χ4n) is 4.03. The van der Waals surface area contributed by atoms with E-state index >= 15 is 0 Å². The maximum atomic E-state index is 6.23. The highest BCUT2D eigenvalue weighted by molar-refractivity contribution is 4.84. The number of hydrogen-bond acceptors (Lipinski definition) is 4. The fraction of sp³-hybridized carbons (Fsp3) is 1.00. The largest absolute Gasteiger partial charge is 0.384 e. The van der Waals surface area contributed by atoms with E-state index in [9.17, 15) is 0 Å². The van der Waals surface area contributed by atoms with Crippen molar-refractivity contribution in [2.75, 3.05) is 34.5 Å². The first kappa shape index (κ1) is 17.2. The van der Waals surface area contributed by atoms with Gasteiger partial charge in [-0.3, -0.25) is 0 Å². The summed E-state index contributed by atoms with van der Waals surface area (Å²) in [5, 5.41) is 0. The van der Waals surface area contributed by atoms with Crippen LogP contribution < -0.4 is 0 Å². The second-order valence-corrected chi connectivity index (χ2v) is 6.61. The summed E-state index contributed by atoms with van der Waals surface area (Å²) >= 11 is 0. The average Bonchev–Trinajstić information content (AvgIpc) is 2.53. The molecule has 21 heavy (non-hydrogen) atoms. The number of ether oxygens (including phenoxy) is 4. The van der Waals surface area contributed by atoms with Crippen LogP contribution in [0.5, 0.6) is 0 Å². The molecule has 0 N–H and O–H groups in total. The molecule has 0 bridgehead atoms. The molecule has 4 heteroatoms. The van der Waals surface area contributed by atoms with Gasteiger partial charge in [-0.1, -0.05) is 12.8 Å². The number of rotatable bonds is 7.